The molecule has 0 saturated carbocycles. The van der Waals surface area contributed by atoms with Gasteiger partial charge < -0.3 is 15.4 Å². The first kappa shape index (κ1) is 21.9. The normalized spacial score (nSPS) is 15.5. The summed E-state index contributed by atoms with van der Waals surface area (Å²) >= 11 is 5.97. The molecule has 1 aliphatic heterocycles. The van der Waals surface area contributed by atoms with Crippen molar-refractivity contribution >= 4 is 29.1 Å². The number of rotatable bonds is 6. The number of hydrogen-bond donors (Lipinski definition) is 2. The largest absolute Gasteiger partial charge is 0.484 e. The van der Waals surface area contributed by atoms with E-state index in [0.29, 0.717) is 47.4 Å². The molecule has 0 bridgehead atoms. The first-order valence-electron chi connectivity index (χ1n) is 10.2. The van der Waals surface area contributed by atoms with Gasteiger partial charge in [-0.15, -0.1) is 0 Å². The minimum absolute atomic E-state index is 0.237. The molecule has 4 rings (SSSR count). The maximum absolute atomic E-state index is 12.7. The Morgan fingerprint density at radius 2 is 2.06 bits per heavy atom. The molecule has 2 N–H and O–H groups in total. The highest BCUT2D eigenvalue weighted by Crippen LogP contribution is 2.32. The number of nitrogens with one attached hydrogen (secondary N) is 2. The summed E-state index contributed by atoms with van der Waals surface area (Å²) < 4.78 is 7.74. The minimum Gasteiger partial charge on any atom is -0.484 e. The van der Waals surface area contributed by atoms with E-state index in [2.05, 4.69) is 20.6 Å². The van der Waals surface area contributed by atoms with E-state index in [4.69, 9.17) is 16.3 Å². The third-order valence-corrected chi connectivity index (χ3v) is 5.47. The summed E-state index contributed by atoms with van der Waals surface area (Å²) in [5.74, 6) is -0.203. The monoisotopic (exact) mass is 453 g/mol. The summed E-state index contributed by atoms with van der Waals surface area (Å²) in [6.45, 7) is 1.64. The molecule has 9 heteroatoms. The van der Waals surface area contributed by atoms with E-state index in [1.807, 2.05) is 31.3 Å². The summed E-state index contributed by atoms with van der Waals surface area (Å²) in [6, 6.07) is 14.4. The van der Waals surface area contributed by atoms with Crippen LogP contribution in [0.15, 0.2) is 54.7 Å². The Bertz CT molecular complexity index is 1130. The van der Waals surface area contributed by atoms with Crippen LogP contribution in [0.4, 0.5) is 5.69 Å². The maximum atomic E-state index is 12.7. The van der Waals surface area contributed by atoms with E-state index in [-0.39, 0.29) is 17.9 Å². The number of benzene rings is 2. The van der Waals surface area contributed by atoms with Crippen LogP contribution in [0.2, 0.25) is 5.02 Å². The van der Waals surface area contributed by atoms with Crippen molar-refractivity contribution in [1.29, 1.82) is 0 Å². The number of aryl methyl sites for hydroxylation is 1. The van der Waals surface area contributed by atoms with Crippen LogP contribution < -0.4 is 15.4 Å². The molecule has 1 atom stereocenters. The third-order valence-electron chi connectivity index (χ3n) is 5.22. The van der Waals surface area contributed by atoms with Crippen LogP contribution in [0.25, 0.3) is 0 Å². The topological polar surface area (TPSA) is 88.5 Å². The number of amides is 2. The number of nitrogens with zero attached hydrogens (tertiary/aromatic N) is 3. The zero-order valence-electron chi connectivity index (χ0n) is 17.8. The van der Waals surface area contributed by atoms with E-state index in [1.165, 1.54) is 4.68 Å². The van der Waals surface area contributed by atoms with Gasteiger partial charge >= 0.3 is 0 Å². The Morgan fingerprint density at radius 1 is 1.28 bits per heavy atom. The Kier molecular flexibility index (Phi) is 6.43. The molecule has 0 unspecified atom stereocenters. The van der Waals surface area contributed by atoms with Crippen LogP contribution in [0.5, 0.6) is 5.75 Å². The SMILES string of the molecule is CN(Cc1ccc(Cl)cc1)C[C@@H]1CNC(=O)c2cccc(NC(=O)c3ccnn3C)c2O1. The van der Waals surface area contributed by atoms with Gasteiger partial charge in [0.25, 0.3) is 11.8 Å². The van der Waals surface area contributed by atoms with Gasteiger partial charge in [-0.1, -0.05) is 29.8 Å². The van der Waals surface area contributed by atoms with Crippen molar-refractivity contribution < 1.29 is 14.3 Å². The lowest BCUT2D eigenvalue weighted by Gasteiger charge is -2.24. The molecular weight excluding hydrogens is 430 g/mol. The van der Waals surface area contributed by atoms with Gasteiger partial charge in [0, 0.05) is 31.4 Å². The highest BCUT2D eigenvalue weighted by molar-refractivity contribution is 6.30. The Hall–Kier alpha value is -3.36. The van der Waals surface area contributed by atoms with Gasteiger partial charge in [0.05, 0.1) is 17.8 Å². The highest BCUT2D eigenvalue weighted by Gasteiger charge is 2.26. The van der Waals surface area contributed by atoms with E-state index in [1.54, 1.807) is 37.5 Å². The molecule has 8 nitrogen and oxygen atoms in total. The zero-order chi connectivity index (χ0) is 22.7. The lowest BCUT2D eigenvalue weighted by atomic mass is 10.1. The molecule has 0 aliphatic carbocycles. The van der Waals surface area contributed by atoms with Crippen LogP contribution in [-0.4, -0.2) is 52.7 Å². The van der Waals surface area contributed by atoms with Crippen molar-refractivity contribution in [1.82, 2.24) is 20.0 Å². The van der Waals surface area contributed by atoms with Gasteiger partial charge in [0.2, 0.25) is 0 Å². The Balaban J connectivity index is 1.51. The zero-order valence-corrected chi connectivity index (χ0v) is 18.6. The minimum atomic E-state index is -0.330. The molecular formula is C23H24ClN5O3. The van der Waals surface area contributed by atoms with E-state index in [0.717, 1.165) is 5.56 Å². The van der Waals surface area contributed by atoms with Crippen LogP contribution >= 0.6 is 11.6 Å². The fourth-order valence-corrected chi connectivity index (χ4v) is 3.78. The van der Waals surface area contributed by atoms with Gasteiger partial charge in [-0.2, -0.15) is 5.10 Å². The van der Waals surface area contributed by atoms with Crippen molar-refractivity contribution in [2.45, 2.75) is 12.6 Å². The molecule has 0 radical (unpaired) electrons. The van der Waals surface area contributed by atoms with Crippen molar-refractivity contribution in [3.05, 3.63) is 76.6 Å². The number of para-hydroxylation sites is 1. The van der Waals surface area contributed by atoms with Crippen LogP contribution in [-0.2, 0) is 13.6 Å². The first-order valence-corrected chi connectivity index (χ1v) is 10.6. The predicted molar refractivity (Wildman–Crippen MR) is 122 cm³/mol. The molecule has 1 aliphatic rings. The van der Waals surface area contributed by atoms with Gasteiger partial charge in [-0.25, -0.2) is 0 Å². The van der Waals surface area contributed by atoms with E-state index in [9.17, 15) is 9.59 Å². The van der Waals surface area contributed by atoms with Crippen molar-refractivity contribution in [3.63, 3.8) is 0 Å². The average molecular weight is 454 g/mol. The van der Waals surface area contributed by atoms with Crippen LogP contribution in [0.1, 0.15) is 26.4 Å². The summed E-state index contributed by atoms with van der Waals surface area (Å²) in [4.78, 5) is 27.4. The summed E-state index contributed by atoms with van der Waals surface area (Å²) in [7, 11) is 3.68. The number of likely N-dealkylation sites (N-methyl/N-ethyl adjacent to an activating group) is 1. The van der Waals surface area contributed by atoms with Crippen molar-refractivity contribution in [2.75, 3.05) is 25.5 Å². The van der Waals surface area contributed by atoms with E-state index < -0.39 is 0 Å². The highest BCUT2D eigenvalue weighted by atomic mass is 35.5. The summed E-state index contributed by atoms with van der Waals surface area (Å²) in [5.41, 5.74) is 2.35. The van der Waals surface area contributed by atoms with Crippen molar-refractivity contribution in [2.24, 2.45) is 7.05 Å². The number of carbonyl (C=O) groups is 2. The third kappa shape index (κ3) is 4.92. The van der Waals surface area contributed by atoms with Gasteiger partial charge in [-0.3, -0.25) is 19.2 Å². The predicted octanol–water partition coefficient (Wildman–Crippen LogP) is 2.95. The van der Waals surface area contributed by atoms with E-state index >= 15 is 0 Å². The Labute approximate surface area is 191 Å². The lowest BCUT2D eigenvalue weighted by molar-refractivity contribution is 0.0942. The fourth-order valence-electron chi connectivity index (χ4n) is 3.65. The molecule has 2 amide bonds. The van der Waals surface area contributed by atoms with Crippen LogP contribution in [0.3, 0.4) is 0 Å². The second kappa shape index (κ2) is 9.42. The number of carbonyl (C=O) groups excluding carboxylic acids is 2. The molecule has 0 fully saturated rings. The van der Waals surface area contributed by atoms with Gasteiger partial charge in [-0.05, 0) is 42.9 Å². The molecule has 0 saturated heterocycles. The summed E-state index contributed by atoms with van der Waals surface area (Å²) in [6.07, 6.45) is 1.25. The fraction of sp³-hybridized carbons (Fsp3) is 0.261. The van der Waals surface area contributed by atoms with Crippen LogP contribution in [0, 0.1) is 0 Å². The number of aromatic nitrogens is 2. The molecule has 32 heavy (non-hydrogen) atoms. The smallest absolute Gasteiger partial charge is 0.274 e. The summed E-state index contributed by atoms with van der Waals surface area (Å²) in [5, 5.41) is 10.5. The average Bonchev–Trinajstić information content (AvgIpc) is 3.13. The molecule has 1 aromatic heterocycles. The quantitative estimate of drug-likeness (QED) is 0.599. The van der Waals surface area contributed by atoms with Crippen molar-refractivity contribution in [3.8, 4) is 5.75 Å². The second-order valence-electron chi connectivity index (χ2n) is 7.75. The first-order chi connectivity index (χ1) is 15.4. The number of ether oxygens (including phenoxy) is 1. The lowest BCUT2D eigenvalue weighted by Crippen LogP contribution is -2.39. The molecule has 166 valence electrons. The number of fused-ring (bicyclic) bond motifs is 1. The number of anilines is 1. The molecule has 3 aromatic rings. The van der Waals surface area contributed by atoms with Gasteiger partial charge in [0.15, 0.2) is 5.75 Å². The number of halogens is 1. The molecule has 0 spiro atoms. The second-order valence-corrected chi connectivity index (χ2v) is 8.19. The molecule has 2 heterocycles. The van der Waals surface area contributed by atoms with Gasteiger partial charge in [0.1, 0.15) is 11.8 Å². The number of hydrogen-bond acceptors (Lipinski definition) is 5. The standard InChI is InChI=1S/C23H24ClN5O3/c1-28(13-15-6-8-16(24)9-7-15)14-17-12-25-22(30)18-4-3-5-19(21(18)32-17)27-23(31)20-10-11-26-29(20)2/h3-11,17H,12-14H2,1-2H3,(H,25,30)(H,27,31)/t17-/m0/s1. The Morgan fingerprint density at radius 3 is 2.78 bits per heavy atom. The maximum Gasteiger partial charge on any atom is 0.274 e. The molecule has 2 aromatic carbocycles.